The van der Waals surface area contributed by atoms with Crippen molar-refractivity contribution in [1.82, 2.24) is 9.78 Å². The Labute approximate surface area is 237 Å². The highest BCUT2D eigenvalue weighted by atomic mass is 16.5. The number of fused-ring (bicyclic) bond motifs is 4. The van der Waals surface area contributed by atoms with Gasteiger partial charge in [0, 0.05) is 11.3 Å². The fourth-order valence-electron chi connectivity index (χ4n) is 5.50. The van der Waals surface area contributed by atoms with E-state index in [2.05, 4.69) is 35.3 Å². The van der Waals surface area contributed by atoms with Gasteiger partial charge in [0.25, 0.3) is 0 Å². The predicted octanol–water partition coefficient (Wildman–Crippen LogP) is 7.00. The van der Waals surface area contributed by atoms with Gasteiger partial charge in [0.2, 0.25) is 0 Å². The summed E-state index contributed by atoms with van der Waals surface area (Å²) in [4.78, 5) is 12.5. The van der Waals surface area contributed by atoms with Gasteiger partial charge in [-0.05, 0) is 67.9 Å². The number of para-hydroxylation sites is 3. The quantitative estimate of drug-likeness (QED) is 0.256. The van der Waals surface area contributed by atoms with Crippen molar-refractivity contribution in [3.05, 3.63) is 119 Å². The molecular formula is C33H28N6O2. The molecule has 1 aromatic heterocycles. The average molecular weight is 541 g/mol. The highest BCUT2D eigenvalue weighted by Crippen LogP contribution is 2.49. The molecule has 2 aliphatic heterocycles. The second-order valence-electron chi connectivity index (χ2n) is 10.1. The van der Waals surface area contributed by atoms with Gasteiger partial charge in [-0.3, -0.25) is 0 Å². The van der Waals surface area contributed by atoms with Crippen LogP contribution in [0.5, 0.6) is 11.5 Å². The number of nitrogens with one attached hydrogen (secondary N) is 1. The fourth-order valence-corrected chi connectivity index (χ4v) is 5.50. The third-order valence-corrected chi connectivity index (χ3v) is 7.47. The summed E-state index contributed by atoms with van der Waals surface area (Å²) in [7, 11) is 1.56. The summed E-state index contributed by atoms with van der Waals surface area (Å²) < 4.78 is 7.42. The molecule has 8 nitrogen and oxygen atoms in total. The van der Waals surface area contributed by atoms with Gasteiger partial charge in [0.1, 0.15) is 0 Å². The first-order valence-corrected chi connectivity index (χ1v) is 13.4. The fraction of sp³-hybridized carbons (Fsp3) is 0.121. The minimum atomic E-state index is -0.323. The molecule has 2 aliphatic rings. The second kappa shape index (κ2) is 9.67. The summed E-state index contributed by atoms with van der Waals surface area (Å²) >= 11 is 0. The Balaban J connectivity index is 1.50. The van der Waals surface area contributed by atoms with Crippen molar-refractivity contribution in [3.63, 3.8) is 0 Å². The second-order valence-corrected chi connectivity index (χ2v) is 10.1. The molecule has 0 aliphatic carbocycles. The molecule has 202 valence electrons. The molecule has 0 fully saturated rings. The van der Waals surface area contributed by atoms with Crippen molar-refractivity contribution in [2.75, 3.05) is 17.3 Å². The van der Waals surface area contributed by atoms with Crippen LogP contribution in [0.15, 0.2) is 107 Å². The summed E-state index contributed by atoms with van der Waals surface area (Å²) in [5.74, 6) is 2.52. The summed E-state index contributed by atoms with van der Waals surface area (Å²) in [6.45, 7) is 4.08. The first-order chi connectivity index (χ1) is 20.0. The Kier molecular flexibility index (Phi) is 5.82. The first kappa shape index (κ1) is 24.7. The molecule has 41 heavy (non-hydrogen) atoms. The molecule has 1 atom stereocenters. The number of methoxy groups -OCH3 is 1. The van der Waals surface area contributed by atoms with Crippen LogP contribution in [0, 0.1) is 13.8 Å². The Bertz CT molecular complexity index is 1840. The topological polar surface area (TPSA) is 87.3 Å². The van der Waals surface area contributed by atoms with Crippen LogP contribution in [-0.4, -0.2) is 33.7 Å². The van der Waals surface area contributed by atoms with Crippen molar-refractivity contribution in [2.45, 2.75) is 19.9 Å². The number of benzene rings is 4. The molecule has 5 aromatic rings. The highest BCUT2D eigenvalue weighted by Gasteiger charge is 2.41. The van der Waals surface area contributed by atoms with Crippen molar-refractivity contribution < 1.29 is 9.84 Å². The number of phenolic OH excluding ortho intramolecular Hbond substituents is 1. The van der Waals surface area contributed by atoms with Gasteiger partial charge in [0.15, 0.2) is 29.0 Å². The van der Waals surface area contributed by atoms with Gasteiger partial charge in [0.05, 0.1) is 35.9 Å². The summed E-state index contributed by atoms with van der Waals surface area (Å²) in [5.41, 5.74) is 7.51. The number of aryl methyl sites for hydroxylation is 2. The van der Waals surface area contributed by atoms with Crippen molar-refractivity contribution in [3.8, 4) is 17.2 Å². The maximum atomic E-state index is 10.4. The van der Waals surface area contributed by atoms with Gasteiger partial charge >= 0.3 is 0 Å². The molecular weight excluding hydrogens is 512 g/mol. The van der Waals surface area contributed by atoms with Crippen LogP contribution < -0.4 is 15.0 Å². The molecule has 0 unspecified atom stereocenters. The number of amidine groups is 2. The molecule has 0 radical (unpaired) electrons. The third-order valence-electron chi connectivity index (χ3n) is 7.47. The number of aliphatic imine (C=N–C) groups is 2. The number of nitrogens with zero attached hydrogens (tertiary/aromatic N) is 5. The van der Waals surface area contributed by atoms with E-state index in [1.165, 1.54) is 5.56 Å². The van der Waals surface area contributed by atoms with E-state index in [0.29, 0.717) is 17.4 Å². The predicted molar refractivity (Wildman–Crippen MR) is 163 cm³/mol. The zero-order valence-corrected chi connectivity index (χ0v) is 22.9. The molecule has 4 aromatic carbocycles. The van der Waals surface area contributed by atoms with Crippen molar-refractivity contribution >= 4 is 34.6 Å². The largest absolute Gasteiger partial charge is 0.504 e. The molecule has 3 heterocycles. The van der Waals surface area contributed by atoms with E-state index >= 15 is 0 Å². The van der Waals surface area contributed by atoms with Gasteiger partial charge in [-0.2, -0.15) is 5.10 Å². The molecule has 7 rings (SSSR count). The van der Waals surface area contributed by atoms with E-state index in [9.17, 15) is 5.11 Å². The van der Waals surface area contributed by atoms with Crippen LogP contribution in [0.3, 0.4) is 0 Å². The van der Waals surface area contributed by atoms with E-state index in [1.54, 1.807) is 13.2 Å². The SMILES string of the molecule is COc1cc([C@@H]2c3c(C)nn(-c4ccccc4)c3N=C3C(Nc4ccc(C)cc4)=Nc4ccccc4N32)ccc1O. The highest BCUT2D eigenvalue weighted by molar-refractivity contribution is 6.51. The lowest BCUT2D eigenvalue weighted by Gasteiger charge is -2.40. The zero-order chi connectivity index (χ0) is 28.1. The molecule has 8 heteroatoms. The minimum Gasteiger partial charge on any atom is -0.504 e. The lowest BCUT2D eigenvalue weighted by molar-refractivity contribution is 0.372. The normalized spacial score (nSPS) is 15.3. The lowest BCUT2D eigenvalue weighted by Crippen LogP contribution is -2.46. The van der Waals surface area contributed by atoms with E-state index in [0.717, 1.165) is 45.4 Å². The number of aromatic hydroxyl groups is 1. The Morgan fingerprint density at radius 1 is 0.854 bits per heavy atom. The maximum absolute atomic E-state index is 10.4. The number of aromatic nitrogens is 2. The molecule has 0 spiro atoms. The minimum absolute atomic E-state index is 0.0835. The lowest BCUT2D eigenvalue weighted by atomic mass is 9.93. The number of hydrogen-bond donors (Lipinski definition) is 2. The van der Waals surface area contributed by atoms with Crippen LogP contribution in [0.1, 0.15) is 28.4 Å². The molecule has 0 saturated heterocycles. The van der Waals surface area contributed by atoms with E-state index in [4.69, 9.17) is 19.8 Å². The van der Waals surface area contributed by atoms with Crippen LogP contribution in [-0.2, 0) is 0 Å². The van der Waals surface area contributed by atoms with E-state index in [-0.39, 0.29) is 11.8 Å². The van der Waals surface area contributed by atoms with E-state index in [1.807, 2.05) is 84.4 Å². The third kappa shape index (κ3) is 4.12. The van der Waals surface area contributed by atoms with Crippen LogP contribution in [0.4, 0.5) is 22.9 Å². The average Bonchev–Trinajstić information content (AvgIpc) is 3.34. The van der Waals surface area contributed by atoms with Gasteiger partial charge in [-0.25, -0.2) is 14.7 Å². The zero-order valence-electron chi connectivity index (χ0n) is 22.9. The number of hydrogen-bond acceptors (Lipinski definition) is 7. The van der Waals surface area contributed by atoms with E-state index < -0.39 is 0 Å². The standard InChI is InChI=1S/C33H28N6O2/c1-20-13-16-23(17-14-20)34-31-33-36-32-29(21(2)37-39(32)24-9-5-4-6-10-24)30(22-15-18-27(40)28(19-22)41-3)38(33)26-12-8-7-11-25(26)35-31/h4-19,30,40H,1-3H3,(H,34,35)/t30-/m1/s1. The maximum Gasteiger partial charge on any atom is 0.179 e. The Hall–Kier alpha value is -5.37. The monoisotopic (exact) mass is 540 g/mol. The van der Waals surface area contributed by atoms with Gasteiger partial charge < -0.3 is 20.1 Å². The summed E-state index contributed by atoms with van der Waals surface area (Å²) in [5, 5.41) is 18.9. The van der Waals surface area contributed by atoms with Crippen molar-refractivity contribution in [1.29, 1.82) is 0 Å². The molecule has 2 N–H and O–H groups in total. The Morgan fingerprint density at radius 2 is 1.61 bits per heavy atom. The van der Waals surface area contributed by atoms with Crippen molar-refractivity contribution in [2.24, 2.45) is 9.98 Å². The molecule has 0 amide bonds. The van der Waals surface area contributed by atoms with Crippen LogP contribution in [0.25, 0.3) is 5.69 Å². The van der Waals surface area contributed by atoms with Crippen LogP contribution in [0.2, 0.25) is 0 Å². The molecule has 0 saturated carbocycles. The number of phenols is 1. The number of ether oxygens (including phenoxy) is 1. The smallest absolute Gasteiger partial charge is 0.179 e. The van der Waals surface area contributed by atoms with Crippen LogP contribution >= 0.6 is 0 Å². The van der Waals surface area contributed by atoms with Gasteiger partial charge in [-0.15, -0.1) is 0 Å². The summed E-state index contributed by atoms with van der Waals surface area (Å²) in [6, 6.07) is 31.4. The van der Waals surface area contributed by atoms with Gasteiger partial charge in [-0.1, -0.05) is 54.1 Å². The Morgan fingerprint density at radius 3 is 2.39 bits per heavy atom. The number of anilines is 2. The number of rotatable bonds is 4. The molecule has 0 bridgehead atoms. The summed E-state index contributed by atoms with van der Waals surface area (Å²) in [6.07, 6.45) is 0. The first-order valence-electron chi connectivity index (χ1n) is 13.4.